The summed E-state index contributed by atoms with van der Waals surface area (Å²) in [4.78, 5) is 14.9. The van der Waals surface area contributed by atoms with Gasteiger partial charge in [-0.25, -0.2) is 0 Å². The smallest absolute Gasteiger partial charge is 0.276 e. The molecular weight excluding hydrogens is 280 g/mol. The number of likely N-dealkylation sites (tertiary alicyclic amines) is 1. The largest absolute Gasteiger partial charge is 0.380 e. The molecule has 1 amide bonds. The van der Waals surface area contributed by atoms with Crippen LogP contribution in [0.5, 0.6) is 0 Å². The van der Waals surface area contributed by atoms with Gasteiger partial charge in [0.2, 0.25) is 0 Å². The Morgan fingerprint density at radius 1 is 1.23 bits per heavy atom. The molecule has 4 fully saturated rings. The summed E-state index contributed by atoms with van der Waals surface area (Å²) in [5, 5.41) is 4.00. The molecule has 1 saturated heterocycles. The highest BCUT2D eigenvalue weighted by Gasteiger charge is 2.49. The zero-order chi connectivity index (χ0) is 15.3. The summed E-state index contributed by atoms with van der Waals surface area (Å²) in [7, 11) is 1.63. The van der Waals surface area contributed by atoms with Crippen molar-refractivity contribution in [3.63, 3.8) is 0 Å². The molecule has 2 heterocycles. The van der Waals surface area contributed by atoms with Crippen molar-refractivity contribution in [2.24, 2.45) is 23.7 Å². The number of amides is 1. The fraction of sp³-hybridized carbons (Fsp3) is 0.765. The number of ether oxygens (including phenoxy) is 1. The van der Waals surface area contributed by atoms with Crippen LogP contribution in [0.15, 0.2) is 4.52 Å². The Balaban J connectivity index is 1.55. The molecule has 0 aromatic carbocycles. The van der Waals surface area contributed by atoms with E-state index in [1.807, 2.05) is 11.8 Å². The number of carbonyl (C=O) groups excluding carboxylic acids is 1. The minimum atomic E-state index is 0.0256. The lowest BCUT2D eigenvalue weighted by Gasteiger charge is -2.44. The van der Waals surface area contributed by atoms with Crippen LogP contribution in [-0.2, 0) is 11.3 Å². The van der Waals surface area contributed by atoms with Gasteiger partial charge in [0.1, 0.15) is 5.76 Å². The molecular formula is C17H24N2O3. The van der Waals surface area contributed by atoms with Gasteiger partial charge in [0, 0.05) is 20.2 Å². The summed E-state index contributed by atoms with van der Waals surface area (Å²) in [6, 6.07) is 0. The fourth-order valence-electron chi connectivity index (χ4n) is 5.04. The molecule has 0 radical (unpaired) electrons. The Labute approximate surface area is 131 Å². The molecule has 22 heavy (non-hydrogen) atoms. The molecule has 2 atom stereocenters. The molecule has 0 N–H and O–H groups in total. The van der Waals surface area contributed by atoms with Gasteiger partial charge in [-0.05, 0) is 56.3 Å². The maximum atomic E-state index is 12.9. The lowest BCUT2D eigenvalue weighted by molar-refractivity contribution is 0.0577. The van der Waals surface area contributed by atoms with E-state index in [1.54, 1.807) is 7.11 Å². The maximum absolute atomic E-state index is 12.9. The zero-order valence-corrected chi connectivity index (χ0v) is 13.4. The van der Waals surface area contributed by atoms with Gasteiger partial charge in [0.05, 0.1) is 12.2 Å². The second kappa shape index (κ2) is 5.37. The fourth-order valence-corrected chi connectivity index (χ4v) is 5.04. The Morgan fingerprint density at radius 3 is 2.36 bits per heavy atom. The molecule has 5 rings (SSSR count). The second-order valence-electron chi connectivity index (χ2n) is 7.21. The van der Waals surface area contributed by atoms with Crippen LogP contribution in [0, 0.1) is 30.6 Å². The Hall–Kier alpha value is -1.36. The molecule has 5 nitrogen and oxygen atoms in total. The van der Waals surface area contributed by atoms with Gasteiger partial charge in [-0.1, -0.05) is 5.16 Å². The van der Waals surface area contributed by atoms with Crippen molar-refractivity contribution < 1.29 is 14.1 Å². The van der Waals surface area contributed by atoms with E-state index in [-0.39, 0.29) is 5.91 Å². The predicted octanol–water partition coefficient (Wildman–Crippen LogP) is 2.64. The van der Waals surface area contributed by atoms with Crippen LogP contribution in [0.3, 0.4) is 0 Å². The summed E-state index contributed by atoms with van der Waals surface area (Å²) in [5.74, 6) is 3.82. The summed E-state index contributed by atoms with van der Waals surface area (Å²) in [6.45, 7) is 4.02. The van der Waals surface area contributed by atoms with E-state index in [1.165, 1.54) is 25.7 Å². The number of carbonyl (C=O) groups is 1. The first kappa shape index (κ1) is 14.2. The minimum absolute atomic E-state index is 0.0256. The van der Waals surface area contributed by atoms with E-state index >= 15 is 0 Å². The van der Waals surface area contributed by atoms with E-state index in [4.69, 9.17) is 9.26 Å². The number of hydrogen-bond donors (Lipinski definition) is 0. The Kier molecular flexibility index (Phi) is 3.48. The average Bonchev–Trinajstić information content (AvgIpc) is 3.15. The molecule has 3 aliphatic carbocycles. The highest BCUT2D eigenvalue weighted by molar-refractivity contribution is 5.94. The first-order chi connectivity index (χ1) is 10.7. The SMILES string of the molecule is COCc1c(C(=O)N2CC3C4CCC(CC4)C3C2)noc1C. The summed E-state index contributed by atoms with van der Waals surface area (Å²) in [6.07, 6.45) is 5.47. The van der Waals surface area contributed by atoms with E-state index in [2.05, 4.69) is 5.16 Å². The standard InChI is InChI=1S/C17H24N2O3/c1-10-15(9-21-2)16(18-22-10)17(20)19-7-13-11-3-4-12(6-5-11)14(13)8-19/h11-14H,3-9H2,1-2H3. The summed E-state index contributed by atoms with van der Waals surface area (Å²) < 4.78 is 10.4. The van der Waals surface area contributed by atoms with Crippen molar-refractivity contribution in [1.82, 2.24) is 10.1 Å². The van der Waals surface area contributed by atoms with Crippen molar-refractivity contribution in [2.75, 3.05) is 20.2 Å². The Morgan fingerprint density at radius 2 is 1.82 bits per heavy atom. The van der Waals surface area contributed by atoms with Gasteiger partial charge in [0.25, 0.3) is 5.91 Å². The third-order valence-electron chi connectivity index (χ3n) is 6.20. The van der Waals surface area contributed by atoms with Gasteiger partial charge in [0.15, 0.2) is 5.69 Å². The highest BCUT2D eigenvalue weighted by atomic mass is 16.5. The van der Waals surface area contributed by atoms with Gasteiger partial charge < -0.3 is 14.2 Å². The number of fused-ring (bicyclic) bond motifs is 2. The number of nitrogens with zero attached hydrogens (tertiary/aromatic N) is 2. The average molecular weight is 304 g/mol. The summed E-state index contributed by atoms with van der Waals surface area (Å²) >= 11 is 0. The van der Waals surface area contributed by atoms with Crippen LogP contribution < -0.4 is 0 Å². The second-order valence-corrected chi connectivity index (χ2v) is 7.21. The van der Waals surface area contributed by atoms with E-state index < -0.39 is 0 Å². The van der Waals surface area contributed by atoms with Crippen LogP contribution in [-0.4, -0.2) is 36.2 Å². The van der Waals surface area contributed by atoms with Gasteiger partial charge in [-0.3, -0.25) is 4.79 Å². The van der Waals surface area contributed by atoms with E-state index in [9.17, 15) is 4.79 Å². The van der Waals surface area contributed by atoms with Crippen molar-refractivity contribution in [3.8, 4) is 0 Å². The number of rotatable bonds is 3. The van der Waals surface area contributed by atoms with Crippen LogP contribution in [0.1, 0.15) is 47.5 Å². The lowest BCUT2D eigenvalue weighted by Crippen LogP contribution is -2.38. The minimum Gasteiger partial charge on any atom is -0.380 e. The van der Waals surface area contributed by atoms with Crippen molar-refractivity contribution >= 4 is 5.91 Å². The molecule has 3 saturated carbocycles. The number of methoxy groups -OCH3 is 1. The Bertz CT molecular complexity index is 554. The molecule has 5 heteroatoms. The van der Waals surface area contributed by atoms with Crippen molar-refractivity contribution in [2.45, 2.75) is 39.2 Å². The molecule has 1 aliphatic heterocycles. The van der Waals surface area contributed by atoms with Gasteiger partial charge in [-0.15, -0.1) is 0 Å². The quantitative estimate of drug-likeness (QED) is 0.861. The molecule has 1 aromatic rings. The van der Waals surface area contributed by atoms with E-state index in [0.29, 0.717) is 18.1 Å². The van der Waals surface area contributed by atoms with Crippen LogP contribution in [0.2, 0.25) is 0 Å². The number of aryl methyl sites for hydroxylation is 1. The van der Waals surface area contributed by atoms with Crippen LogP contribution in [0.4, 0.5) is 0 Å². The predicted molar refractivity (Wildman–Crippen MR) is 80.3 cm³/mol. The molecule has 1 aromatic heterocycles. The lowest BCUT2D eigenvalue weighted by atomic mass is 9.60. The van der Waals surface area contributed by atoms with Gasteiger partial charge in [-0.2, -0.15) is 0 Å². The zero-order valence-electron chi connectivity index (χ0n) is 13.4. The normalized spacial score (nSPS) is 33.3. The number of aromatic nitrogens is 1. The van der Waals surface area contributed by atoms with E-state index in [0.717, 1.165) is 42.3 Å². The molecule has 4 aliphatic rings. The van der Waals surface area contributed by atoms with Crippen molar-refractivity contribution in [1.29, 1.82) is 0 Å². The molecule has 2 bridgehead atoms. The topological polar surface area (TPSA) is 55.6 Å². The maximum Gasteiger partial charge on any atom is 0.276 e. The van der Waals surface area contributed by atoms with Crippen molar-refractivity contribution in [3.05, 3.63) is 17.0 Å². The molecule has 120 valence electrons. The first-order valence-electron chi connectivity index (χ1n) is 8.42. The highest BCUT2D eigenvalue weighted by Crippen LogP contribution is 2.51. The third-order valence-corrected chi connectivity index (χ3v) is 6.20. The van der Waals surface area contributed by atoms with Crippen LogP contribution in [0.25, 0.3) is 0 Å². The molecule has 0 spiro atoms. The first-order valence-corrected chi connectivity index (χ1v) is 8.42. The monoisotopic (exact) mass is 304 g/mol. The van der Waals surface area contributed by atoms with Gasteiger partial charge >= 0.3 is 0 Å². The summed E-state index contributed by atoms with van der Waals surface area (Å²) in [5.41, 5.74) is 1.25. The number of hydrogen-bond acceptors (Lipinski definition) is 4. The molecule has 2 unspecified atom stereocenters. The third kappa shape index (κ3) is 2.09. The van der Waals surface area contributed by atoms with Crippen LogP contribution >= 0.6 is 0 Å².